The maximum atomic E-state index is 5.29. The molecule has 0 aliphatic rings. The van der Waals surface area contributed by atoms with Crippen LogP contribution in [-0.2, 0) is 0 Å². The lowest BCUT2D eigenvalue weighted by Crippen LogP contribution is -2.13. The second kappa shape index (κ2) is 6.53. The van der Waals surface area contributed by atoms with Gasteiger partial charge in [-0.15, -0.1) is 12.4 Å². The van der Waals surface area contributed by atoms with Crippen LogP contribution >= 0.6 is 12.4 Å². The zero-order chi connectivity index (χ0) is 10.6. The molecular formula is C11H18ClNO2. The summed E-state index contributed by atoms with van der Waals surface area (Å²) in [5.74, 6) is 1.67. The monoisotopic (exact) mass is 231 g/mol. The van der Waals surface area contributed by atoms with Crippen LogP contribution in [0.1, 0.15) is 18.5 Å². The van der Waals surface area contributed by atoms with E-state index in [-0.39, 0.29) is 18.4 Å². The number of methoxy groups -OCH3 is 2. The first kappa shape index (κ1) is 14.1. The quantitative estimate of drug-likeness (QED) is 0.863. The highest BCUT2D eigenvalue weighted by atomic mass is 35.5. The second-order valence-corrected chi connectivity index (χ2v) is 3.12. The molecule has 0 saturated heterocycles. The van der Waals surface area contributed by atoms with Gasteiger partial charge in [-0.25, -0.2) is 0 Å². The first-order chi connectivity index (χ1) is 6.72. The van der Waals surface area contributed by atoms with Crippen LogP contribution in [0.5, 0.6) is 11.5 Å². The fourth-order valence-corrected chi connectivity index (χ4v) is 1.33. The smallest absolute Gasteiger partial charge is 0.127 e. The first-order valence-corrected chi connectivity index (χ1v) is 4.62. The van der Waals surface area contributed by atoms with Gasteiger partial charge in [-0.1, -0.05) is 6.07 Å². The Hall–Kier alpha value is -0.930. The van der Waals surface area contributed by atoms with Crippen molar-refractivity contribution in [3.05, 3.63) is 23.8 Å². The SMILES string of the molecule is CNC(C)c1ccc(OC)cc1OC.Cl. The Labute approximate surface area is 97.2 Å². The van der Waals surface area contributed by atoms with Crippen LogP contribution in [0.4, 0.5) is 0 Å². The van der Waals surface area contributed by atoms with Gasteiger partial charge in [0.15, 0.2) is 0 Å². The molecule has 1 aromatic carbocycles. The average molecular weight is 232 g/mol. The molecule has 0 aromatic heterocycles. The average Bonchev–Trinajstić information content (AvgIpc) is 2.27. The largest absolute Gasteiger partial charge is 0.497 e. The topological polar surface area (TPSA) is 30.5 Å². The Kier molecular flexibility index (Phi) is 6.13. The molecule has 1 N–H and O–H groups in total. The zero-order valence-electron chi connectivity index (χ0n) is 9.53. The summed E-state index contributed by atoms with van der Waals surface area (Å²) in [4.78, 5) is 0. The van der Waals surface area contributed by atoms with Crippen LogP contribution < -0.4 is 14.8 Å². The van der Waals surface area contributed by atoms with E-state index in [2.05, 4.69) is 12.2 Å². The Morgan fingerprint density at radius 2 is 1.87 bits per heavy atom. The van der Waals surface area contributed by atoms with E-state index in [0.717, 1.165) is 17.1 Å². The predicted octanol–water partition coefficient (Wildman–Crippen LogP) is 2.41. The summed E-state index contributed by atoms with van der Waals surface area (Å²) in [6.45, 7) is 2.09. The maximum absolute atomic E-state index is 5.29. The molecule has 0 bridgehead atoms. The minimum atomic E-state index is 0. The number of ether oxygens (including phenoxy) is 2. The van der Waals surface area contributed by atoms with E-state index in [9.17, 15) is 0 Å². The molecule has 15 heavy (non-hydrogen) atoms. The van der Waals surface area contributed by atoms with Gasteiger partial charge in [0.25, 0.3) is 0 Å². The van der Waals surface area contributed by atoms with Gasteiger partial charge >= 0.3 is 0 Å². The Morgan fingerprint density at radius 1 is 1.20 bits per heavy atom. The van der Waals surface area contributed by atoms with Gasteiger partial charge < -0.3 is 14.8 Å². The third-order valence-electron chi connectivity index (χ3n) is 2.34. The predicted molar refractivity (Wildman–Crippen MR) is 64.3 cm³/mol. The number of hydrogen-bond donors (Lipinski definition) is 1. The molecule has 0 aliphatic carbocycles. The fraction of sp³-hybridized carbons (Fsp3) is 0.455. The van der Waals surface area contributed by atoms with E-state index >= 15 is 0 Å². The van der Waals surface area contributed by atoms with Gasteiger partial charge in [-0.3, -0.25) is 0 Å². The summed E-state index contributed by atoms with van der Waals surface area (Å²) in [5.41, 5.74) is 1.14. The normalized spacial score (nSPS) is 11.5. The molecule has 0 heterocycles. The van der Waals surface area contributed by atoms with E-state index in [1.54, 1.807) is 14.2 Å². The van der Waals surface area contributed by atoms with Crippen LogP contribution in [0.15, 0.2) is 18.2 Å². The van der Waals surface area contributed by atoms with Gasteiger partial charge in [0.1, 0.15) is 11.5 Å². The van der Waals surface area contributed by atoms with Crippen molar-refractivity contribution in [2.24, 2.45) is 0 Å². The number of nitrogens with one attached hydrogen (secondary N) is 1. The lowest BCUT2D eigenvalue weighted by molar-refractivity contribution is 0.387. The molecule has 1 atom stereocenters. The molecule has 1 aromatic rings. The third kappa shape index (κ3) is 3.29. The summed E-state index contributed by atoms with van der Waals surface area (Å²) >= 11 is 0. The number of hydrogen-bond acceptors (Lipinski definition) is 3. The molecule has 0 spiro atoms. The summed E-state index contributed by atoms with van der Waals surface area (Å²) in [6, 6.07) is 6.11. The molecule has 4 heteroatoms. The molecular weight excluding hydrogens is 214 g/mol. The van der Waals surface area contributed by atoms with Gasteiger partial charge in [0, 0.05) is 17.7 Å². The molecule has 86 valence electrons. The summed E-state index contributed by atoms with van der Waals surface area (Å²) in [6.07, 6.45) is 0. The molecule has 0 saturated carbocycles. The van der Waals surface area contributed by atoms with Gasteiger partial charge in [0.05, 0.1) is 14.2 Å². The van der Waals surface area contributed by atoms with Crippen molar-refractivity contribution in [1.82, 2.24) is 5.32 Å². The minimum Gasteiger partial charge on any atom is -0.497 e. The molecule has 1 rings (SSSR count). The standard InChI is InChI=1S/C11H17NO2.ClH/c1-8(12-2)10-6-5-9(13-3)7-11(10)14-4;/h5-8,12H,1-4H3;1H. The molecule has 0 amide bonds. The number of benzene rings is 1. The van der Waals surface area contributed by atoms with E-state index in [4.69, 9.17) is 9.47 Å². The van der Waals surface area contributed by atoms with Crippen LogP contribution in [0.3, 0.4) is 0 Å². The first-order valence-electron chi connectivity index (χ1n) is 4.62. The van der Waals surface area contributed by atoms with Crippen LogP contribution in [0, 0.1) is 0 Å². The van der Waals surface area contributed by atoms with Crippen molar-refractivity contribution < 1.29 is 9.47 Å². The summed E-state index contributed by atoms with van der Waals surface area (Å²) in [5, 5.41) is 3.17. The molecule has 1 unspecified atom stereocenters. The second-order valence-electron chi connectivity index (χ2n) is 3.12. The van der Waals surface area contributed by atoms with Crippen LogP contribution in [0.25, 0.3) is 0 Å². The summed E-state index contributed by atoms with van der Waals surface area (Å²) in [7, 11) is 5.24. The Balaban J connectivity index is 0.00000196. The Bertz CT molecular complexity index is 305. The number of rotatable bonds is 4. The van der Waals surface area contributed by atoms with Crippen molar-refractivity contribution in [3.63, 3.8) is 0 Å². The van der Waals surface area contributed by atoms with E-state index < -0.39 is 0 Å². The fourth-order valence-electron chi connectivity index (χ4n) is 1.33. The molecule has 0 aliphatic heterocycles. The van der Waals surface area contributed by atoms with Crippen LogP contribution in [0.2, 0.25) is 0 Å². The highest BCUT2D eigenvalue weighted by molar-refractivity contribution is 5.85. The van der Waals surface area contributed by atoms with Crippen molar-refractivity contribution >= 4 is 12.4 Å². The molecule has 0 fully saturated rings. The highest BCUT2D eigenvalue weighted by Crippen LogP contribution is 2.28. The van der Waals surface area contributed by atoms with Gasteiger partial charge in [-0.05, 0) is 20.0 Å². The lowest BCUT2D eigenvalue weighted by atomic mass is 10.1. The van der Waals surface area contributed by atoms with Gasteiger partial charge in [-0.2, -0.15) is 0 Å². The number of halogens is 1. The zero-order valence-corrected chi connectivity index (χ0v) is 10.4. The third-order valence-corrected chi connectivity index (χ3v) is 2.34. The maximum Gasteiger partial charge on any atom is 0.127 e. The van der Waals surface area contributed by atoms with Crippen molar-refractivity contribution in [3.8, 4) is 11.5 Å². The summed E-state index contributed by atoms with van der Waals surface area (Å²) < 4.78 is 10.4. The van der Waals surface area contributed by atoms with Crippen molar-refractivity contribution in [2.45, 2.75) is 13.0 Å². The van der Waals surface area contributed by atoms with E-state index in [0.29, 0.717) is 0 Å². The van der Waals surface area contributed by atoms with Crippen molar-refractivity contribution in [1.29, 1.82) is 0 Å². The van der Waals surface area contributed by atoms with E-state index in [1.807, 2.05) is 25.2 Å². The minimum absolute atomic E-state index is 0. The van der Waals surface area contributed by atoms with Crippen molar-refractivity contribution in [2.75, 3.05) is 21.3 Å². The molecule has 3 nitrogen and oxygen atoms in total. The van der Waals surface area contributed by atoms with Crippen LogP contribution in [-0.4, -0.2) is 21.3 Å². The van der Waals surface area contributed by atoms with Gasteiger partial charge in [0.2, 0.25) is 0 Å². The van der Waals surface area contributed by atoms with E-state index in [1.165, 1.54) is 0 Å². The lowest BCUT2D eigenvalue weighted by Gasteiger charge is -2.15. The Morgan fingerprint density at radius 3 is 2.33 bits per heavy atom. The molecule has 0 radical (unpaired) electrons. The highest BCUT2D eigenvalue weighted by Gasteiger charge is 2.09.